The minimum atomic E-state index is -1.65. The third kappa shape index (κ3) is 6.98. The molecule has 3 rings (SSSR count). The van der Waals surface area contributed by atoms with Crippen LogP contribution in [-0.4, -0.2) is 94.8 Å². The predicted molar refractivity (Wildman–Crippen MR) is 124 cm³/mol. The van der Waals surface area contributed by atoms with E-state index in [1.165, 1.54) is 19.2 Å². The summed E-state index contributed by atoms with van der Waals surface area (Å²) in [7, 11) is 1.20. The molecule has 12 nitrogen and oxygen atoms in total. The number of benzene rings is 1. The summed E-state index contributed by atoms with van der Waals surface area (Å²) in [5, 5.41) is 49.2. The van der Waals surface area contributed by atoms with Crippen molar-refractivity contribution in [1.82, 2.24) is 0 Å². The van der Waals surface area contributed by atoms with Gasteiger partial charge in [-0.1, -0.05) is 19.1 Å². The van der Waals surface area contributed by atoms with E-state index in [0.717, 1.165) is 11.8 Å². The Hall–Kier alpha value is -2.74. The van der Waals surface area contributed by atoms with Crippen LogP contribution in [-0.2, 0) is 39.7 Å². The monoisotopic (exact) mass is 526 g/mol. The van der Waals surface area contributed by atoms with E-state index < -0.39 is 67.4 Å². The first kappa shape index (κ1) is 28.8. The lowest BCUT2D eigenvalue weighted by Gasteiger charge is -2.43. The molecule has 0 amide bonds. The average Bonchev–Trinajstić information content (AvgIpc) is 2.89. The van der Waals surface area contributed by atoms with Gasteiger partial charge in [0.1, 0.15) is 30.2 Å². The van der Waals surface area contributed by atoms with Crippen molar-refractivity contribution in [3.63, 3.8) is 0 Å². The predicted octanol–water partition coefficient (Wildman–Crippen LogP) is -0.260. The number of carbonyl (C=O) groups excluding carboxylic acids is 2. The number of phenolic OH excluding ortho intramolecular Hbond substituents is 1. The number of aliphatic hydroxyl groups excluding tert-OH is 4. The molecule has 1 fully saturated rings. The average molecular weight is 527 g/mol. The second-order valence-electron chi connectivity index (χ2n) is 8.92. The number of hydrogen-bond donors (Lipinski definition) is 5. The van der Waals surface area contributed by atoms with Gasteiger partial charge in [-0.2, -0.15) is 0 Å². The van der Waals surface area contributed by atoms with Gasteiger partial charge in [0.25, 0.3) is 0 Å². The Labute approximate surface area is 214 Å². The molecular formula is C25H34O12. The highest BCUT2D eigenvalue weighted by atomic mass is 16.8. The zero-order valence-electron chi connectivity index (χ0n) is 20.6. The highest BCUT2D eigenvalue weighted by molar-refractivity contribution is 5.89. The minimum absolute atomic E-state index is 0.0890. The van der Waals surface area contributed by atoms with Crippen molar-refractivity contribution in [1.29, 1.82) is 0 Å². The van der Waals surface area contributed by atoms with Crippen LogP contribution in [0.3, 0.4) is 0 Å². The molecule has 0 saturated carbocycles. The molecule has 37 heavy (non-hydrogen) atoms. The third-order valence-electron chi connectivity index (χ3n) is 6.58. The van der Waals surface area contributed by atoms with Gasteiger partial charge < -0.3 is 49.2 Å². The highest BCUT2D eigenvalue weighted by Gasteiger charge is 2.48. The summed E-state index contributed by atoms with van der Waals surface area (Å²) < 4.78 is 27.0. The van der Waals surface area contributed by atoms with E-state index in [1.54, 1.807) is 19.1 Å². The van der Waals surface area contributed by atoms with Crippen molar-refractivity contribution in [2.45, 2.75) is 63.2 Å². The summed E-state index contributed by atoms with van der Waals surface area (Å²) in [5.41, 5.74) is 0.977. The Bertz CT molecular complexity index is 930. The van der Waals surface area contributed by atoms with E-state index >= 15 is 0 Å². The minimum Gasteiger partial charge on any atom is -0.508 e. The molecule has 1 aromatic carbocycles. The maximum absolute atomic E-state index is 12.7. The molecule has 0 bridgehead atoms. The normalized spacial score (nSPS) is 31.7. The standard InChI is InChI=1S/C25H34O12/c1-3-15-16(10-19(28)34-9-8-13-4-6-14(27)7-5-13)17(23(32)33-2)12-35-24(15)37-25-22(31)21(30)20(29)18(11-26)36-25/h4-7,12,15-16,18,20-22,24-27,29-31H,3,8-11H2,1-2H3/t15-,16+,18-,20-,21+,22-,24+,25+/m0/s1. The molecule has 1 aromatic rings. The summed E-state index contributed by atoms with van der Waals surface area (Å²) in [5.74, 6) is -2.43. The lowest BCUT2D eigenvalue weighted by molar-refractivity contribution is -0.341. The Morgan fingerprint density at radius 2 is 1.73 bits per heavy atom. The molecule has 5 N–H and O–H groups in total. The summed E-state index contributed by atoms with van der Waals surface area (Å²) >= 11 is 0. The van der Waals surface area contributed by atoms with Crippen LogP contribution >= 0.6 is 0 Å². The number of aromatic hydroxyl groups is 1. The van der Waals surface area contributed by atoms with Gasteiger partial charge in [0.05, 0.1) is 38.6 Å². The molecule has 0 unspecified atom stereocenters. The molecule has 2 aliphatic rings. The van der Waals surface area contributed by atoms with E-state index in [-0.39, 0.29) is 24.4 Å². The molecule has 206 valence electrons. The van der Waals surface area contributed by atoms with Gasteiger partial charge in [0.15, 0.2) is 6.29 Å². The maximum atomic E-state index is 12.7. The number of phenols is 1. The van der Waals surface area contributed by atoms with Crippen LogP contribution in [0.1, 0.15) is 25.3 Å². The van der Waals surface area contributed by atoms with E-state index in [9.17, 15) is 35.1 Å². The lowest BCUT2D eigenvalue weighted by atomic mass is 9.80. The number of ether oxygens (including phenoxy) is 5. The highest BCUT2D eigenvalue weighted by Crippen LogP contribution is 2.38. The Morgan fingerprint density at radius 1 is 1.03 bits per heavy atom. The molecule has 12 heteroatoms. The van der Waals surface area contributed by atoms with Gasteiger partial charge in [-0.15, -0.1) is 0 Å². The van der Waals surface area contributed by atoms with Gasteiger partial charge >= 0.3 is 11.9 Å². The fraction of sp³-hybridized carbons (Fsp3) is 0.600. The first-order valence-corrected chi connectivity index (χ1v) is 12.0. The summed E-state index contributed by atoms with van der Waals surface area (Å²) in [6, 6.07) is 6.50. The Morgan fingerprint density at radius 3 is 2.35 bits per heavy atom. The van der Waals surface area contributed by atoms with Crippen LogP contribution in [0.15, 0.2) is 36.1 Å². The number of methoxy groups -OCH3 is 1. The molecule has 8 atom stereocenters. The van der Waals surface area contributed by atoms with Crippen LogP contribution in [0.2, 0.25) is 0 Å². The fourth-order valence-corrected chi connectivity index (χ4v) is 4.43. The van der Waals surface area contributed by atoms with Gasteiger partial charge in [-0.3, -0.25) is 4.79 Å². The molecule has 2 heterocycles. The number of carbonyl (C=O) groups is 2. The number of rotatable bonds is 10. The topological polar surface area (TPSA) is 181 Å². The van der Waals surface area contributed by atoms with Crippen molar-refractivity contribution in [3.8, 4) is 5.75 Å². The molecule has 0 aliphatic carbocycles. The van der Waals surface area contributed by atoms with Gasteiger partial charge in [-0.25, -0.2) is 4.79 Å². The van der Waals surface area contributed by atoms with E-state index in [1.807, 2.05) is 0 Å². The molecular weight excluding hydrogens is 492 g/mol. The van der Waals surface area contributed by atoms with Crippen LogP contribution in [0.5, 0.6) is 5.75 Å². The van der Waals surface area contributed by atoms with Crippen molar-refractivity contribution < 1.29 is 58.8 Å². The molecule has 1 saturated heterocycles. The van der Waals surface area contributed by atoms with E-state index in [0.29, 0.717) is 12.8 Å². The van der Waals surface area contributed by atoms with Crippen molar-refractivity contribution >= 4 is 11.9 Å². The largest absolute Gasteiger partial charge is 0.508 e. The van der Waals surface area contributed by atoms with E-state index in [2.05, 4.69) is 0 Å². The second-order valence-corrected chi connectivity index (χ2v) is 8.92. The van der Waals surface area contributed by atoms with Crippen LogP contribution in [0, 0.1) is 11.8 Å². The van der Waals surface area contributed by atoms with Crippen molar-refractivity contribution in [2.24, 2.45) is 11.8 Å². The summed E-state index contributed by atoms with van der Waals surface area (Å²) in [6.07, 6.45) is -6.82. The molecule has 0 radical (unpaired) electrons. The summed E-state index contributed by atoms with van der Waals surface area (Å²) in [6.45, 7) is 1.26. The zero-order chi connectivity index (χ0) is 27.1. The number of aliphatic hydroxyl groups is 4. The fourth-order valence-electron chi connectivity index (χ4n) is 4.43. The Kier molecular flexibility index (Phi) is 10.3. The van der Waals surface area contributed by atoms with E-state index in [4.69, 9.17) is 23.7 Å². The first-order chi connectivity index (χ1) is 17.7. The Balaban J connectivity index is 1.69. The SMILES string of the molecule is CC[C@@H]1[C@@H](O[C@H]2O[C@@H](CO)[C@H](O)[C@@H](O)[C@@H]2O)OC=C(C(=O)OC)[C@@H]1CC(=O)OCCc1ccc(O)cc1. The summed E-state index contributed by atoms with van der Waals surface area (Å²) in [4.78, 5) is 25.1. The molecule has 0 spiro atoms. The molecule has 0 aromatic heterocycles. The van der Waals surface area contributed by atoms with Crippen LogP contribution in [0.25, 0.3) is 0 Å². The van der Waals surface area contributed by atoms with Crippen molar-refractivity contribution in [3.05, 3.63) is 41.7 Å². The van der Waals surface area contributed by atoms with Gasteiger partial charge in [0, 0.05) is 18.3 Å². The number of esters is 2. The second kappa shape index (κ2) is 13.2. The van der Waals surface area contributed by atoms with Crippen LogP contribution < -0.4 is 0 Å². The van der Waals surface area contributed by atoms with Crippen LogP contribution in [0.4, 0.5) is 0 Å². The quantitative estimate of drug-likeness (QED) is 0.252. The van der Waals surface area contributed by atoms with Gasteiger partial charge in [0.2, 0.25) is 6.29 Å². The third-order valence-corrected chi connectivity index (χ3v) is 6.58. The zero-order valence-corrected chi connectivity index (χ0v) is 20.6. The van der Waals surface area contributed by atoms with Crippen molar-refractivity contribution in [2.75, 3.05) is 20.3 Å². The maximum Gasteiger partial charge on any atom is 0.337 e. The molecule has 2 aliphatic heterocycles. The lowest BCUT2D eigenvalue weighted by Crippen LogP contribution is -2.60. The smallest absolute Gasteiger partial charge is 0.337 e. The number of hydrogen-bond acceptors (Lipinski definition) is 12. The van der Waals surface area contributed by atoms with Gasteiger partial charge in [-0.05, 0) is 24.1 Å². The first-order valence-electron chi connectivity index (χ1n) is 12.0.